The van der Waals surface area contributed by atoms with Gasteiger partial charge in [-0.05, 0) is 24.3 Å². The zero-order chi connectivity index (χ0) is 18.6. The van der Waals surface area contributed by atoms with Crippen LogP contribution in [-0.4, -0.2) is 29.7 Å². The summed E-state index contributed by atoms with van der Waals surface area (Å²) in [6.45, 7) is -0.339. The quantitative estimate of drug-likeness (QED) is 0.445. The fraction of sp³-hybridized carbons (Fsp3) is 0.188. The number of carbonyl (C=O) groups is 1. The third-order valence-corrected chi connectivity index (χ3v) is 4.13. The monoisotopic (exact) mass is 384 g/mol. The van der Waals surface area contributed by atoms with Gasteiger partial charge in [-0.25, -0.2) is 4.79 Å². The minimum Gasteiger partial charge on any atom is -0.465 e. The molecule has 0 unspecified atom stereocenters. The lowest BCUT2D eigenvalue weighted by Gasteiger charge is -2.20. The van der Waals surface area contributed by atoms with Crippen LogP contribution in [0.25, 0.3) is 0 Å². The van der Waals surface area contributed by atoms with Crippen molar-refractivity contribution in [3.8, 4) is 0 Å². The van der Waals surface area contributed by atoms with Gasteiger partial charge in [-0.1, -0.05) is 29.3 Å². The van der Waals surface area contributed by atoms with Gasteiger partial charge in [-0.15, -0.1) is 0 Å². The number of nitro benzene ring substituents is 1. The van der Waals surface area contributed by atoms with Crippen LogP contribution >= 0.6 is 23.2 Å². The molecule has 2 aromatic rings. The highest BCUT2D eigenvalue weighted by Gasteiger charge is 2.23. The Hall–Kier alpha value is -2.35. The lowest BCUT2D eigenvalue weighted by atomic mass is 10.1. The van der Waals surface area contributed by atoms with Crippen LogP contribution in [-0.2, 0) is 4.74 Å². The van der Waals surface area contributed by atoms with Crippen molar-refractivity contribution in [2.24, 2.45) is 0 Å². The zero-order valence-electron chi connectivity index (χ0n) is 13.0. The van der Waals surface area contributed by atoms with Gasteiger partial charge in [-0.3, -0.25) is 10.1 Å². The zero-order valence-corrected chi connectivity index (χ0v) is 14.5. The molecule has 1 atom stereocenters. The Kier molecular flexibility index (Phi) is 6.19. The molecule has 0 aliphatic heterocycles. The number of ether oxygens (including phenoxy) is 1. The first kappa shape index (κ1) is 19.0. The lowest BCUT2D eigenvalue weighted by molar-refractivity contribution is -0.385. The van der Waals surface area contributed by atoms with Crippen molar-refractivity contribution in [1.82, 2.24) is 0 Å². The number of hydrogen-bond donors (Lipinski definition) is 2. The summed E-state index contributed by atoms with van der Waals surface area (Å²) in [4.78, 5) is 22.1. The Morgan fingerprint density at radius 1 is 1.32 bits per heavy atom. The van der Waals surface area contributed by atoms with E-state index < -0.39 is 16.9 Å². The van der Waals surface area contributed by atoms with Crippen molar-refractivity contribution < 1.29 is 19.6 Å². The topological polar surface area (TPSA) is 102 Å². The summed E-state index contributed by atoms with van der Waals surface area (Å²) >= 11 is 12.3. The number of nitro groups is 1. The second-order valence-electron chi connectivity index (χ2n) is 5.00. The molecule has 0 aliphatic rings. The minimum atomic E-state index is -0.841. The van der Waals surface area contributed by atoms with Gasteiger partial charge in [0.15, 0.2) is 0 Å². The van der Waals surface area contributed by atoms with Crippen LogP contribution in [0.3, 0.4) is 0 Å². The Balaban J connectivity index is 2.41. The first-order valence-electron chi connectivity index (χ1n) is 7.07. The number of anilines is 1. The van der Waals surface area contributed by atoms with Crippen molar-refractivity contribution in [3.05, 3.63) is 67.7 Å². The van der Waals surface area contributed by atoms with E-state index in [0.29, 0.717) is 21.3 Å². The first-order valence-corrected chi connectivity index (χ1v) is 7.82. The Morgan fingerprint density at radius 2 is 1.96 bits per heavy atom. The molecular weight excluding hydrogens is 371 g/mol. The predicted octanol–water partition coefficient (Wildman–Crippen LogP) is 3.83. The summed E-state index contributed by atoms with van der Waals surface area (Å²) in [5.41, 5.74) is 0.250. The molecule has 9 heteroatoms. The molecule has 0 aliphatic carbocycles. The first-order chi connectivity index (χ1) is 11.9. The number of methoxy groups -OCH3 is 1. The van der Waals surface area contributed by atoms with Crippen LogP contribution in [0.15, 0.2) is 36.4 Å². The second kappa shape index (κ2) is 8.15. The van der Waals surface area contributed by atoms with Crippen LogP contribution in [0.2, 0.25) is 10.0 Å². The standard InChI is InChI=1S/C16H14Cl2N2O5/c1-25-16(22)10-7-9(5-6-14(10)20(23)24)19-13(8-21)15-11(17)3-2-4-12(15)18/h2-7,13,19,21H,8H2,1H3/t13-/m0/s1. The number of benzene rings is 2. The van der Waals surface area contributed by atoms with E-state index in [4.69, 9.17) is 23.2 Å². The summed E-state index contributed by atoms with van der Waals surface area (Å²) in [5.74, 6) is -0.841. The van der Waals surface area contributed by atoms with Crippen molar-refractivity contribution >= 4 is 40.5 Å². The van der Waals surface area contributed by atoms with Gasteiger partial charge >= 0.3 is 5.97 Å². The highest BCUT2D eigenvalue weighted by molar-refractivity contribution is 6.36. The molecule has 2 rings (SSSR count). The molecule has 0 spiro atoms. The highest BCUT2D eigenvalue weighted by Crippen LogP contribution is 2.33. The average molecular weight is 385 g/mol. The fourth-order valence-electron chi connectivity index (χ4n) is 2.31. The Bertz CT molecular complexity index is 793. The van der Waals surface area contributed by atoms with E-state index in [1.165, 1.54) is 18.2 Å². The molecule has 132 valence electrons. The van der Waals surface area contributed by atoms with Gasteiger partial charge in [0.25, 0.3) is 5.69 Å². The summed E-state index contributed by atoms with van der Waals surface area (Å²) in [6.07, 6.45) is 0. The second-order valence-corrected chi connectivity index (χ2v) is 5.81. The molecule has 0 amide bonds. The van der Waals surface area contributed by atoms with Gasteiger partial charge in [0.2, 0.25) is 0 Å². The minimum absolute atomic E-state index is 0.209. The van der Waals surface area contributed by atoms with Crippen molar-refractivity contribution in [2.45, 2.75) is 6.04 Å². The molecule has 2 N–H and O–H groups in total. The average Bonchev–Trinajstić information content (AvgIpc) is 2.59. The molecule has 0 radical (unpaired) electrons. The van der Waals surface area contributed by atoms with Crippen LogP contribution < -0.4 is 5.32 Å². The Morgan fingerprint density at radius 3 is 2.48 bits per heavy atom. The van der Waals surface area contributed by atoms with Crippen LogP contribution in [0.4, 0.5) is 11.4 Å². The summed E-state index contributed by atoms with van der Waals surface area (Å²) in [6, 6.07) is 8.12. The number of nitrogens with one attached hydrogen (secondary N) is 1. The fourth-order valence-corrected chi connectivity index (χ4v) is 2.97. The van der Waals surface area contributed by atoms with Gasteiger partial charge in [0, 0.05) is 27.4 Å². The number of halogens is 2. The van der Waals surface area contributed by atoms with E-state index >= 15 is 0 Å². The van der Waals surface area contributed by atoms with Crippen LogP contribution in [0, 0.1) is 10.1 Å². The number of aliphatic hydroxyl groups excluding tert-OH is 1. The molecule has 0 aromatic heterocycles. The molecule has 0 bridgehead atoms. The van der Waals surface area contributed by atoms with E-state index in [1.807, 2.05) is 0 Å². The van der Waals surface area contributed by atoms with Crippen molar-refractivity contribution in [2.75, 3.05) is 19.0 Å². The third-order valence-electron chi connectivity index (χ3n) is 3.47. The SMILES string of the molecule is COC(=O)c1cc(N[C@@H](CO)c2c(Cl)cccc2Cl)ccc1[N+](=O)[O-]. The number of rotatable bonds is 6. The Labute approximate surface area is 153 Å². The normalized spacial score (nSPS) is 11.7. The smallest absolute Gasteiger partial charge is 0.344 e. The van der Waals surface area contributed by atoms with E-state index in [0.717, 1.165) is 7.11 Å². The molecule has 2 aromatic carbocycles. The van der Waals surface area contributed by atoms with E-state index in [2.05, 4.69) is 10.1 Å². The molecule has 7 nitrogen and oxygen atoms in total. The molecule has 0 saturated heterocycles. The predicted molar refractivity (Wildman–Crippen MR) is 94.3 cm³/mol. The maximum Gasteiger partial charge on any atom is 0.344 e. The van der Waals surface area contributed by atoms with E-state index in [-0.39, 0.29) is 17.9 Å². The van der Waals surface area contributed by atoms with Gasteiger partial charge in [0.05, 0.1) is 24.7 Å². The van der Waals surface area contributed by atoms with Crippen LogP contribution in [0.1, 0.15) is 22.0 Å². The number of carbonyl (C=O) groups excluding carboxylic acids is 1. The summed E-state index contributed by atoms with van der Waals surface area (Å²) < 4.78 is 4.57. The maximum absolute atomic E-state index is 11.8. The number of esters is 1. The van der Waals surface area contributed by atoms with Gasteiger partial charge in [0.1, 0.15) is 5.56 Å². The molecule has 0 heterocycles. The van der Waals surface area contributed by atoms with Crippen molar-refractivity contribution in [3.63, 3.8) is 0 Å². The third kappa shape index (κ3) is 4.19. The molecule has 0 fully saturated rings. The molecule has 0 saturated carbocycles. The van der Waals surface area contributed by atoms with Crippen molar-refractivity contribution in [1.29, 1.82) is 0 Å². The van der Waals surface area contributed by atoms with E-state index in [1.54, 1.807) is 18.2 Å². The number of nitrogens with zero attached hydrogens (tertiary/aromatic N) is 1. The number of hydrogen-bond acceptors (Lipinski definition) is 6. The maximum atomic E-state index is 11.8. The summed E-state index contributed by atoms with van der Waals surface area (Å²) in [5, 5.41) is 24.4. The van der Waals surface area contributed by atoms with Gasteiger partial charge < -0.3 is 15.2 Å². The summed E-state index contributed by atoms with van der Waals surface area (Å²) in [7, 11) is 1.13. The molecular formula is C16H14Cl2N2O5. The lowest BCUT2D eigenvalue weighted by Crippen LogP contribution is -2.16. The van der Waals surface area contributed by atoms with Crippen LogP contribution in [0.5, 0.6) is 0 Å². The van der Waals surface area contributed by atoms with Gasteiger partial charge in [-0.2, -0.15) is 0 Å². The highest BCUT2D eigenvalue weighted by atomic mass is 35.5. The largest absolute Gasteiger partial charge is 0.465 e. The number of aliphatic hydroxyl groups is 1. The molecule has 25 heavy (non-hydrogen) atoms. The van der Waals surface area contributed by atoms with E-state index in [9.17, 15) is 20.0 Å².